The van der Waals surface area contributed by atoms with Crippen molar-refractivity contribution in [3.05, 3.63) is 24.3 Å². The number of carbonyl (C=O) groups is 1. The maximum Gasteiger partial charge on any atom is 0.220 e. The Bertz CT molecular complexity index is 352. The minimum Gasteiger partial charge on any atom is -0.497 e. The van der Waals surface area contributed by atoms with Crippen molar-refractivity contribution in [1.29, 1.82) is 0 Å². The number of rotatable bonds is 8. The third-order valence-corrected chi connectivity index (χ3v) is 2.36. The highest BCUT2D eigenvalue weighted by atomic mass is 16.5. The Morgan fingerprint density at radius 2 is 1.94 bits per heavy atom. The first-order valence-corrected chi connectivity index (χ1v) is 6.00. The Morgan fingerprint density at radius 1 is 1.28 bits per heavy atom. The summed E-state index contributed by atoms with van der Waals surface area (Å²) >= 11 is 0. The van der Waals surface area contributed by atoms with Crippen molar-refractivity contribution in [2.24, 2.45) is 5.73 Å². The highest BCUT2D eigenvalue weighted by molar-refractivity contribution is 5.75. The fraction of sp³-hybridized carbons (Fsp3) is 0.462. The lowest BCUT2D eigenvalue weighted by Crippen LogP contribution is -2.28. The molecule has 0 atom stereocenters. The summed E-state index contributed by atoms with van der Waals surface area (Å²) in [4.78, 5) is 11.3. The molecule has 0 aromatic heterocycles. The van der Waals surface area contributed by atoms with E-state index < -0.39 is 0 Å². The molecule has 0 unspecified atom stereocenters. The van der Waals surface area contributed by atoms with E-state index in [1.54, 1.807) is 7.11 Å². The molecule has 0 radical (unpaired) electrons. The van der Waals surface area contributed by atoms with E-state index in [0.717, 1.165) is 11.5 Å². The second-order valence-electron chi connectivity index (χ2n) is 3.77. The van der Waals surface area contributed by atoms with Crippen molar-refractivity contribution < 1.29 is 14.3 Å². The first-order valence-electron chi connectivity index (χ1n) is 6.00. The summed E-state index contributed by atoms with van der Waals surface area (Å²) in [6.45, 7) is 1.48. The SMILES string of the molecule is COc1ccc(OCCNC(=O)CCCN)cc1. The quantitative estimate of drug-likeness (QED) is 0.675. The number of nitrogens with one attached hydrogen (secondary N) is 1. The van der Waals surface area contributed by atoms with Crippen LogP contribution < -0.4 is 20.5 Å². The lowest BCUT2D eigenvalue weighted by Gasteiger charge is -2.08. The van der Waals surface area contributed by atoms with Gasteiger partial charge >= 0.3 is 0 Å². The number of carbonyl (C=O) groups excluding carboxylic acids is 1. The molecule has 0 saturated heterocycles. The van der Waals surface area contributed by atoms with Crippen LogP contribution in [0.3, 0.4) is 0 Å². The summed E-state index contributed by atoms with van der Waals surface area (Å²) in [5, 5.41) is 2.77. The predicted octanol–water partition coefficient (Wildman–Crippen LogP) is 0.929. The average molecular weight is 252 g/mol. The molecule has 0 spiro atoms. The van der Waals surface area contributed by atoms with Crippen LogP contribution in [0.5, 0.6) is 11.5 Å². The molecule has 0 bridgehead atoms. The Hall–Kier alpha value is -1.75. The predicted molar refractivity (Wildman–Crippen MR) is 69.8 cm³/mol. The van der Waals surface area contributed by atoms with Crippen LogP contribution in [0.25, 0.3) is 0 Å². The fourth-order valence-electron chi connectivity index (χ4n) is 1.38. The van der Waals surface area contributed by atoms with Crippen LogP contribution in [-0.4, -0.2) is 32.7 Å². The highest BCUT2D eigenvalue weighted by Gasteiger charge is 1.99. The summed E-state index contributed by atoms with van der Waals surface area (Å²) in [6.07, 6.45) is 1.18. The molecule has 0 fully saturated rings. The topological polar surface area (TPSA) is 73.6 Å². The molecule has 1 amide bonds. The van der Waals surface area contributed by atoms with Crippen molar-refractivity contribution in [2.45, 2.75) is 12.8 Å². The Labute approximate surface area is 107 Å². The number of hydrogen-bond donors (Lipinski definition) is 2. The summed E-state index contributed by atoms with van der Waals surface area (Å²) in [5.74, 6) is 1.56. The molecule has 18 heavy (non-hydrogen) atoms. The van der Waals surface area contributed by atoms with Gasteiger partial charge in [-0.05, 0) is 37.2 Å². The van der Waals surface area contributed by atoms with Gasteiger partial charge < -0.3 is 20.5 Å². The third kappa shape index (κ3) is 5.54. The van der Waals surface area contributed by atoms with Crippen molar-refractivity contribution in [1.82, 2.24) is 5.32 Å². The van der Waals surface area contributed by atoms with Crippen LogP contribution in [0.2, 0.25) is 0 Å². The van der Waals surface area contributed by atoms with Crippen molar-refractivity contribution >= 4 is 5.91 Å². The molecule has 0 saturated carbocycles. The normalized spacial score (nSPS) is 9.89. The molecule has 1 aromatic carbocycles. The van der Waals surface area contributed by atoms with E-state index in [1.807, 2.05) is 24.3 Å². The van der Waals surface area contributed by atoms with Gasteiger partial charge in [0.1, 0.15) is 18.1 Å². The van der Waals surface area contributed by atoms with Crippen LogP contribution in [0, 0.1) is 0 Å². The zero-order valence-corrected chi connectivity index (χ0v) is 10.6. The summed E-state index contributed by atoms with van der Waals surface area (Å²) in [5.41, 5.74) is 5.32. The molecule has 5 heteroatoms. The Morgan fingerprint density at radius 3 is 2.56 bits per heavy atom. The van der Waals surface area contributed by atoms with Gasteiger partial charge in [-0.1, -0.05) is 0 Å². The van der Waals surface area contributed by atoms with Crippen molar-refractivity contribution in [3.8, 4) is 11.5 Å². The second kappa shape index (κ2) is 8.36. The van der Waals surface area contributed by atoms with Gasteiger partial charge in [-0.15, -0.1) is 0 Å². The van der Waals surface area contributed by atoms with Crippen molar-refractivity contribution in [3.63, 3.8) is 0 Å². The standard InChI is InChI=1S/C13H20N2O3/c1-17-11-4-6-12(7-5-11)18-10-9-15-13(16)3-2-8-14/h4-7H,2-3,8-10,14H2,1H3,(H,15,16). The number of amides is 1. The zero-order valence-electron chi connectivity index (χ0n) is 10.6. The molecule has 0 aliphatic heterocycles. The largest absolute Gasteiger partial charge is 0.497 e. The van der Waals surface area contributed by atoms with E-state index in [2.05, 4.69) is 5.32 Å². The van der Waals surface area contributed by atoms with Gasteiger partial charge in [-0.3, -0.25) is 4.79 Å². The van der Waals surface area contributed by atoms with Crippen LogP contribution >= 0.6 is 0 Å². The summed E-state index contributed by atoms with van der Waals surface area (Å²) in [7, 11) is 1.62. The lowest BCUT2D eigenvalue weighted by molar-refractivity contribution is -0.121. The van der Waals surface area contributed by atoms with Crippen LogP contribution in [0.1, 0.15) is 12.8 Å². The van der Waals surface area contributed by atoms with E-state index in [9.17, 15) is 4.79 Å². The van der Waals surface area contributed by atoms with Gasteiger partial charge in [-0.2, -0.15) is 0 Å². The maximum atomic E-state index is 11.3. The van der Waals surface area contributed by atoms with Gasteiger partial charge in [0.15, 0.2) is 0 Å². The molecule has 1 rings (SSSR count). The highest BCUT2D eigenvalue weighted by Crippen LogP contribution is 2.16. The van der Waals surface area contributed by atoms with Gasteiger partial charge in [0.25, 0.3) is 0 Å². The van der Waals surface area contributed by atoms with Gasteiger partial charge in [0.2, 0.25) is 5.91 Å². The first-order chi connectivity index (χ1) is 8.76. The molecule has 3 N–H and O–H groups in total. The number of ether oxygens (including phenoxy) is 2. The smallest absolute Gasteiger partial charge is 0.220 e. The second-order valence-corrected chi connectivity index (χ2v) is 3.77. The number of nitrogens with two attached hydrogens (primary N) is 1. The minimum atomic E-state index is 0.0128. The van der Waals surface area contributed by atoms with E-state index in [0.29, 0.717) is 32.5 Å². The van der Waals surface area contributed by atoms with E-state index >= 15 is 0 Å². The van der Waals surface area contributed by atoms with Gasteiger partial charge in [0, 0.05) is 6.42 Å². The molecule has 0 aliphatic rings. The molecular weight excluding hydrogens is 232 g/mol. The molecule has 0 heterocycles. The monoisotopic (exact) mass is 252 g/mol. The molecular formula is C13H20N2O3. The van der Waals surface area contributed by atoms with Gasteiger partial charge in [0.05, 0.1) is 13.7 Å². The Balaban J connectivity index is 2.15. The van der Waals surface area contributed by atoms with E-state index in [1.165, 1.54) is 0 Å². The van der Waals surface area contributed by atoms with Gasteiger partial charge in [-0.25, -0.2) is 0 Å². The Kier molecular flexibility index (Phi) is 6.64. The first kappa shape index (κ1) is 14.3. The van der Waals surface area contributed by atoms with Crippen LogP contribution in [0.15, 0.2) is 24.3 Å². The lowest BCUT2D eigenvalue weighted by atomic mass is 10.3. The molecule has 1 aromatic rings. The number of hydrogen-bond acceptors (Lipinski definition) is 4. The molecule has 100 valence electrons. The van der Waals surface area contributed by atoms with E-state index in [-0.39, 0.29) is 5.91 Å². The van der Waals surface area contributed by atoms with E-state index in [4.69, 9.17) is 15.2 Å². The fourth-order valence-corrected chi connectivity index (χ4v) is 1.38. The number of benzene rings is 1. The van der Waals surface area contributed by atoms with Crippen LogP contribution in [-0.2, 0) is 4.79 Å². The molecule has 0 aliphatic carbocycles. The maximum absolute atomic E-state index is 11.3. The van der Waals surface area contributed by atoms with Crippen molar-refractivity contribution in [2.75, 3.05) is 26.8 Å². The number of methoxy groups -OCH3 is 1. The summed E-state index contributed by atoms with van der Waals surface area (Å²) in [6, 6.07) is 7.31. The molecule has 5 nitrogen and oxygen atoms in total. The zero-order chi connectivity index (χ0) is 13.2. The average Bonchev–Trinajstić information content (AvgIpc) is 2.42. The third-order valence-electron chi connectivity index (χ3n) is 2.36. The van der Waals surface area contributed by atoms with Crippen LogP contribution in [0.4, 0.5) is 0 Å². The summed E-state index contributed by atoms with van der Waals surface area (Å²) < 4.78 is 10.5. The minimum absolute atomic E-state index is 0.0128.